The fraction of sp³-hybridized carbons (Fsp3) is 0.412. The summed E-state index contributed by atoms with van der Waals surface area (Å²) in [7, 11) is 0. The van der Waals surface area contributed by atoms with Crippen LogP contribution in [0.2, 0.25) is 0 Å². The molecule has 0 radical (unpaired) electrons. The molecule has 1 amide bonds. The van der Waals surface area contributed by atoms with Crippen LogP contribution >= 0.6 is 0 Å². The average Bonchev–Trinajstić information content (AvgIpc) is 3.04. The Hall–Kier alpha value is -2.34. The van der Waals surface area contributed by atoms with Gasteiger partial charge in [-0.3, -0.25) is 4.79 Å². The van der Waals surface area contributed by atoms with E-state index in [0.717, 1.165) is 24.8 Å². The summed E-state index contributed by atoms with van der Waals surface area (Å²) in [5.41, 5.74) is 7.27. The van der Waals surface area contributed by atoms with Gasteiger partial charge in [-0.1, -0.05) is 31.9 Å². The molecule has 1 heterocycles. The van der Waals surface area contributed by atoms with Gasteiger partial charge in [0, 0.05) is 6.54 Å². The van der Waals surface area contributed by atoms with Crippen molar-refractivity contribution in [3.63, 3.8) is 0 Å². The van der Waals surface area contributed by atoms with E-state index in [1.165, 1.54) is 6.26 Å². The van der Waals surface area contributed by atoms with Gasteiger partial charge in [-0.2, -0.15) is 0 Å². The fourth-order valence-corrected chi connectivity index (χ4v) is 2.20. The van der Waals surface area contributed by atoms with Gasteiger partial charge in [0.1, 0.15) is 12.0 Å². The number of nitrogens with zero attached hydrogens (tertiary/aromatic N) is 1. The van der Waals surface area contributed by atoms with Crippen LogP contribution in [0.25, 0.3) is 0 Å². The Labute approximate surface area is 135 Å². The van der Waals surface area contributed by atoms with Crippen molar-refractivity contribution < 1.29 is 14.3 Å². The molecule has 0 saturated carbocycles. The molecule has 23 heavy (non-hydrogen) atoms. The monoisotopic (exact) mass is 317 g/mol. The van der Waals surface area contributed by atoms with E-state index in [-0.39, 0.29) is 17.4 Å². The third-order valence-electron chi connectivity index (χ3n) is 3.53. The molecular weight excluding hydrogens is 294 g/mol. The number of carbonyl (C=O) groups is 1. The van der Waals surface area contributed by atoms with E-state index < -0.39 is 6.04 Å². The summed E-state index contributed by atoms with van der Waals surface area (Å²) in [4.78, 5) is 16.1. The highest BCUT2D eigenvalue weighted by molar-refractivity contribution is 5.91. The van der Waals surface area contributed by atoms with Crippen LogP contribution in [0.1, 0.15) is 54.2 Å². The van der Waals surface area contributed by atoms with Gasteiger partial charge in [-0.05, 0) is 30.5 Å². The van der Waals surface area contributed by atoms with Gasteiger partial charge in [0.05, 0.1) is 6.04 Å². The summed E-state index contributed by atoms with van der Waals surface area (Å²) in [5, 5.41) is 12.1. The lowest BCUT2D eigenvalue weighted by Gasteiger charge is -2.07. The Bertz CT molecular complexity index is 622. The maximum atomic E-state index is 11.9. The standard InChI is InChI=1S/C17H23N3O3/c1-2-3-4-9-19-16(22)15-11-23-17(20-15)14(18)10-12-5-7-13(21)8-6-12/h5-8,11,14,21H,2-4,9-10,18H2,1H3,(H,19,22). The number of aromatic nitrogens is 1. The van der Waals surface area contributed by atoms with Crippen molar-refractivity contribution in [3.05, 3.63) is 47.7 Å². The van der Waals surface area contributed by atoms with Crippen LogP contribution in [0.4, 0.5) is 0 Å². The third kappa shape index (κ3) is 5.10. The van der Waals surface area contributed by atoms with Crippen molar-refractivity contribution in [2.45, 2.75) is 38.6 Å². The zero-order chi connectivity index (χ0) is 16.7. The smallest absolute Gasteiger partial charge is 0.273 e. The van der Waals surface area contributed by atoms with Gasteiger partial charge in [0.2, 0.25) is 5.89 Å². The molecule has 124 valence electrons. The number of amides is 1. The zero-order valence-electron chi connectivity index (χ0n) is 13.3. The lowest BCUT2D eigenvalue weighted by Crippen LogP contribution is -2.25. The van der Waals surface area contributed by atoms with Crippen LogP contribution in [0.3, 0.4) is 0 Å². The number of benzene rings is 1. The maximum Gasteiger partial charge on any atom is 0.273 e. The maximum absolute atomic E-state index is 11.9. The summed E-state index contributed by atoms with van der Waals surface area (Å²) >= 11 is 0. The number of hydrogen-bond donors (Lipinski definition) is 3. The number of hydrogen-bond acceptors (Lipinski definition) is 5. The van der Waals surface area contributed by atoms with Crippen LogP contribution < -0.4 is 11.1 Å². The first-order valence-corrected chi connectivity index (χ1v) is 7.87. The number of rotatable bonds is 8. The minimum absolute atomic E-state index is 0.209. The summed E-state index contributed by atoms with van der Waals surface area (Å²) in [5.74, 6) is 0.296. The third-order valence-corrected chi connectivity index (χ3v) is 3.53. The van der Waals surface area contributed by atoms with Crippen LogP contribution in [0.5, 0.6) is 5.75 Å². The summed E-state index contributed by atoms with van der Waals surface area (Å²) < 4.78 is 5.32. The number of aromatic hydroxyl groups is 1. The van der Waals surface area contributed by atoms with Crippen LogP contribution in [0.15, 0.2) is 34.9 Å². The van der Waals surface area contributed by atoms with E-state index in [2.05, 4.69) is 17.2 Å². The first-order valence-electron chi connectivity index (χ1n) is 7.87. The molecule has 1 aromatic heterocycles. The first kappa shape index (κ1) is 17.0. The molecular formula is C17H23N3O3. The highest BCUT2D eigenvalue weighted by atomic mass is 16.3. The Morgan fingerprint density at radius 2 is 2.09 bits per heavy atom. The van der Waals surface area contributed by atoms with E-state index >= 15 is 0 Å². The largest absolute Gasteiger partial charge is 0.508 e. The van der Waals surface area contributed by atoms with Gasteiger partial charge in [-0.15, -0.1) is 0 Å². The number of nitrogens with two attached hydrogens (primary N) is 1. The molecule has 2 rings (SSSR count). The predicted molar refractivity (Wildman–Crippen MR) is 87.1 cm³/mol. The molecule has 0 bridgehead atoms. The Balaban J connectivity index is 1.90. The topological polar surface area (TPSA) is 101 Å². The van der Waals surface area contributed by atoms with Gasteiger partial charge >= 0.3 is 0 Å². The average molecular weight is 317 g/mol. The molecule has 2 aromatic rings. The van der Waals surface area contributed by atoms with E-state index in [9.17, 15) is 9.90 Å². The minimum Gasteiger partial charge on any atom is -0.508 e. The number of oxazole rings is 1. The normalized spacial score (nSPS) is 12.1. The SMILES string of the molecule is CCCCCNC(=O)c1coc(C(N)Cc2ccc(O)cc2)n1. The number of nitrogens with one attached hydrogen (secondary N) is 1. The second-order valence-corrected chi connectivity index (χ2v) is 5.51. The number of carbonyl (C=O) groups excluding carboxylic acids is 1. The summed E-state index contributed by atoms with van der Waals surface area (Å²) in [6.45, 7) is 2.75. The second kappa shape index (κ2) is 8.33. The summed E-state index contributed by atoms with van der Waals surface area (Å²) in [6.07, 6.45) is 4.99. The summed E-state index contributed by atoms with van der Waals surface area (Å²) in [6, 6.07) is 6.35. The highest BCUT2D eigenvalue weighted by Crippen LogP contribution is 2.18. The van der Waals surface area contributed by atoms with Crippen molar-refractivity contribution in [1.29, 1.82) is 0 Å². The first-order chi connectivity index (χ1) is 11.1. The molecule has 0 spiro atoms. The van der Waals surface area contributed by atoms with E-state index in [0.29, 0.717) is 18.9 Å². The Morgan fingerprint density at radius 1 is 1.35 bits per heavy atom. The lowest BCUT2D eigenvalue weighted by molar-refractivity contribution is 0.0948. The van der Waals surface area contributed by atoms with E-state index in [1.807, 2.05) is 0 Å². The molecule has 1 aromatic carbocycles. The molecule has 6 nitrogen and oxygen atoms in total. The van der Waals surface area contributed by atoms with Crippen molar-refractivity contribution in [2.24, 2.45) is 5.73 Å². The predicted octanol–water partition coefficient (Wildman–Crippen LogP) is 2.54. The molecule has 6 heteroatoms. The van der Waals surface area contributed by atoms with Crippen molar-refractivity contribution in [1.82, 2.24) is 10.3 Å². The second-order valence-electron chi connectivity index (χ2n) is 5.51. The molecule has 0 aliphatic carbocycles. The van der Waals surface area contributed by atoms with Crippen LogP contribution in [-0.2, 0) is 6.42 Å². The van der Waals surface area contributed by atoms with Gasteiger partial charge < -0.3 is 20.6 Å². The van der Waals surface area contributed by atoms with Gasteiger partial charge in [0.25, 0.3) is 5.91 Å². The molecule has 0 aliphatic heterocycles. The molecule has 0 aliphatic rings. The Kier molecular flexibility index (Phi) is 6.17. The molecule has 1 unspecified atom stereocenters. The molecule has 1 atom stereocenters. The highest BCUT2D eigenvalue weighted by Gasteiger charge is 2.17. The quantitative estimate of drug-likeness (QED) is 0.649. The van der Waals surface area contributed by atoms with Gasteiger partial charge in [0.15, 0.2) is 5.69 Å². The van der Waals surface area contributed by atoms with Gasteiger partial charge in [-0.25, -0.2) is 4.98 Å². The fourth-order valence-electron chi connectivity index (χ4n) is 2.20. The Morgan fingerprint density at radius 3 is 2.78 bits per heavy atom. The van der Waals surface area contributed by atoms with Crippen LogP contribution in [0, 0.1) is 0 Å². The molecule has 0 fully saturated rings. The number of phenols is 1. The molecule has 0 saturated heterocycles. The molecule has 4 N–H and O–H groups in total. The van der Waals surface area contributed by atoms with E-state index in [4.69, 9.17) is 10.2 Å². The number of phenolic OH excluding ortho intramolecular Hbond substituents is 1. The zero-order valence-corrected chi connectivity index (χ0v) is 13.3. The van der Waals surface area contributed by atoms with Crippen molar-refractivity contribution in [2.75, 3.05) is 6.54 Å². The van der Waals surface area contributed by atoms with Crippen molar-refractivity contribution >= 4 is 5.91 Å². The lowest BCUT2D eigenvalue weighted by atomic mass is 10.1. The van der Waals surface area contributed by atoms with Crippen molar-refractivity contribution in [3.8, 4) is 5.75 Å². The van der Waals surface area contributed by atoms with Crippen LogP contribution in [-0.4, -0.2) is 22.5 Å². The number of unbranched alkanes of at least 4 members (excludes halogenated alkanes) is 2. The van der Waals surface area contributed by atoms with E-state index in [1.54, 1.807) is 24.3 Å². The minimum atomic E-state index is -0.443.